The SMILES string of the molecule is COc1ccc2cc([C@H]3CC(=O)C=C(C)[C@@]34C(=O)Oc3ccccc34)ccc2c1. The van der Waals surface area contributed by atoms with Crippen LogP contribution in [0.3, 0.4) is 0 Å². The minimum Gasteiger partial charge on any atom is -0.497 e. The van der Waals surface area contributed by atoms with Crippen LogP contribution in [0.15, 0.2) is 72.3 Å². The van der Waals surface area contributed by atoms with E-state index in [1.165, 1.54) is 0 Å². The zero-order valence-electron chi connectivity index (χ0n) is 16.3. The van der Waals surface area contributed by atoms with Crippen molar-refractivity contribution in [1.82, 2.24) is 0 Å². The fraction of sp³-hybridized carbons (Fsp3) is 0.200. The second kappa shape index (κ2) is 6.31. The summed E-state index contributed by atoms with van der Waals surface area (Å²) in [6.45, 7) is 1.86. The Bertz CT molecular complexity index is 1210. The number of rotatable bonds is 2. The summed E-state index contributed by atoms with van der Waals surface area (Å²) in [5.41, 5.74) is 1.57. The molecule has 0 bridgehead atoms. The summed E-state index contributed by atoms with van der Waals surface area (Å²) in [6.07, 6.45) is 1.87. The molecule has 1 aliphatic heterocycles. The molecule has 29 heavy (non-hydrogen) atoms. The van der Waals surface area contributed by atoms with E-state index in [2.05, 4.69) is 6.07 Å². The van der Waals surface area contributed by atoms with Crippen LogP contribution in [0.4, 0.5) is 0 Å². The third-order valence-electron chi connectivity index (χ3n) is 6.24. The molecule has 4 heteroatoms. The summed E-state index contributed by atoms with van der Waals surface area (Å²) < 4.78 is 11.0. The van der Waals surface area contributed by atoms with E-state index < -0.39 is 5.41 Å². The van der Waals surface area contributed by atoms with Gasteiger partial charge in [-0.05, 0) is 53.1 Å². The molecule has 0 saturated carbocycles. The molecule has 2 atom stereocenters. The first-order valence-electron chi connectivity index (χ1n) is 9.65. The van der Waals surface area contributed by atoms with Gasteiger partial charge in [0.05, 0.1) is 7.11 Å². The summed E-state index contributed by atoms with van der Waals surface area (Å²) >= 11 is 0. The van der Waals surface area contributed by atoms with Gasteiger partial charge in [0.2, 0.25) is 0 Å². The number of fused-ring (bicyclic) bond motifs is 3. The molecule has 2 aliphatic rings. The van der Waals surface area contributed by atoms with Gasteiger partial charge in [-0.3, -0.25) is 9.59 Å². The Labute approximate surface area is 168 Å². The van der Waals surface area contributed by atoms with Gasteiger partial charge in [-0.15, -0.1) is 0 Å². The van der Waals surface area contributed by atoms with Crippen molar-refractivity contribution < 1.29 is 19.1 Å². The van der Waals surface area contributed by atoms with E-state index in [1.807, 2.05) is 61.5 Å². The Balaban J connectivity index is 1.73. The average Bonchev–Trinajstić information content (AvgIpc) is 3.02. The summed E-state index contributed by atoms with van der Waals surface area (Å²) in [5, 5.41) is 2.09. The molecule has 4 nitrogen and oxygen atoms in total. The van der Waals surface area contributed by atoms with Crippen molar-refractivity contribution in [3.63, 3.8) is 0 Å². The lowest BCUT2D eigenvalue weighted by molar-refractivity contribution is -0.138. The number of para-hydroxylation sites is 1. The average molecular weight is 384 g/mol. The monoisotopic (exact) mass is 384 g/mol. The van der Waals surface area contributed by atoms with Gasteiger partial charge in [-0.25, -0.2) is 0 Å². The molecule has 3 aromatic rings. The van der Waals surface area contributed by atoms with E-state index in [0.29, 0.717) is 5.75 Å². The quantitative estimate of drug-likeness (QED) is 0.474. The molecule has 0 radical (unpaired) electrons. The van der Waals surface area contributed by atoms with Crippen LogP contribution in [0.5, 0.6) is 11.5 Å². The molecule has 1 heterocycles. The van der Waals surface area contributed by atoms with Gasteiger partial charge in [-0.2, -0.15) is 0 Å². The molecule has 1 aliphatic carbocycles. The smallest absolute Gasteiger partial charge is 0.326 e. The van der Waals surface area contributed by atoms with Crippen molar-refractivity contribution in [2.75, 3.05) is 7.11 Å². The minimum absolute atomic E-state index is 0.0325. The molecule has 144 valence electrons. The number of hydrogen-bond donors (Lipinski definition) is 0. The normalized spacial score (nSPS) is 23.1. The first-order valence-corrected chi connectivity index (χ1v) is 9.65. The van der Waals surface area contributed by atoms with Gasteiger partial charge in [0.15, 0.2) is 5.78 Å². The van der Waals surface area contributed by atoms with Crippen LogP contribution >= 0.6 is 0 Å². The molecule has 0 fully saturated rings. The fourth-order valence-corrected chi connectivity index (χ4v) is 4.87. The molecule has 0 unspecified atom stereocenters. The van der Waals surface area contributed by atoms with Gasteiger partial charge in [0.1, 0.15) is 16.9 Å². The Morgan fingerprint density at radius 2 is 1.76 bits per heavy atom. The summed E-state index contributed by atoms with van der Waals surface area (Å²) in [5.74, 6) is 0.782. The Kier molecular flexibility index (Phi) is 3.85. The third kappa shape index (κ3) is 2.45. The van der Waals surface area contributed by atoms with Gasteiger partial charge in [0, 0.05) is 17.9 Å². The molecule has 0 aromatic heterocycles. The maximum absolute atomic E-state index is 13.3. The summed E-state index contributed by atoms with van der Waals surface area (Å²) in [6, 6.07) is 19.5. The van der Waals surface area contributed by atoms with Crippen molar-refractivity contribution in [3.8, 4) is 11.5 Å². The lowest BCUT2D eigenvalue weighted by atomic mass is 9.60. The molecular formula is C25H20O4. The van der Waals surface area contributed by atoms with Crippen molar-refractivity contribution in [2.45, 2.75) is 24.7 Å². The van der Waals surface area contributed by atoms with Gasteiger partial charge in [-0.1, -0.05) is 42.5 Å². The predicted molar refractivity (Wildman–Crippen MR) is 110 cm³/mol. The number of ether oxygens (including phenoxy) is 2. The topological polar surface area (TPSA) is 52.6 Å². The highest BCUT2D eigenvalue weighted by molar-refractivity contribution is 6.02. The Morgan fingerprint density at radius 3 is 2.59 bits per heavy atom. The maximum Gasteiger partial charge on any atom is 0.326 e. The number of allylic oxidation sites excluding steroid dienone is 1. The van der Waals surface area contributed by atoms with Crippen molar-refractivity contribution in [3.05, 3.63) is 83.4 Å². The van der Waals surface area contributed by atoms with Crippen LogP contribution in [0.25, 0.3) is 10.8 Å². The van der Waals surface area contributed by atoms with Crippen LogP contribution in [0.1, 0.15) is 30.4 Å². The van der Waals surface area contributed by atoms with Crippen molar-refractivity contribution in [1.29, 1.82) is 0 Å². The number of carbonyl (C=O) groups is 2. The van der Waals surface area contributed by atoms with Crippen LogP contribution < -0.4 is 9.47 Å². The van der Waals surface area contributed by atoms with Crippen molar-refractivity contribution >= 4 is 22.5 Å². The number of esters is 1. The maximum atomic E-state index is 13.3. The lowest BCUT2D eigenvalue weighted by Crippen LogP contribution is -2.44. The fourth-order valence-electron chi connectivity index (χ4n) is 4.87. The number of ketones is 1. The second-order valence-corrected chi connectivity index (χ2v) is 7.72. The van der Waals surface area contributed by atoms with Gasteiger partial charge in [0.25, 0.3) is 0 Å². The standard InChI is InChI=1S/C25H20O4/c1-15-11-19(26)14-22(25(15)21-5-3-4-6-23(21)29-24(25)27)18-8-7-17-13-20(28-2)10-9-16(17)12-18/h3-13,22H,14H2,1-2H3/t22-,25+/m1/s1. The Morgan fingerprint density at radius 1 is 1.00 bits per heavy atom. The number of benzene rings is 3. The first kappa shape index (κ1) is 17.7. The lowest BCUT2D eigenvalue weighted by Gasteiger charge is -2.38. The van der Waals surface area contributed by atoms with E-state index in [-0.39, 0.29) is 24.1 Å². The predicted octanol–water partition coefficient (Wildman–Crippen LogP) is 4.71. The summed E-state index contributed by atoms with van der Waals surface area (Å²) in [7, 11) is 1.64. The molecule has 3 aromatic carbocycles. The zero-order valence-corrected chi connectivity index (χ0v) is 16.3. The third-order valence-corrected chi connectivity index (χ3v) is 6.24. The minimum atomic E-state index is -0.968. The molecule has 0 N–H and O–H groups in total. The van der Waals surface area contributed by atoms with Crippen LogP contribution in [-0.2, 0) is 15.0 Å². The highest BCUT2D eigenvalue weighted by Crippen LogP contribution is 2.55. The van der Waals surface area contributed by atoms with E-state index in [1.54, 1.807) is 13.2 Å². The van der Waals surface area contributed by atoms with Gasteiger partial charge >= 0.3 is 5.97 Å². The van der Waals surface area contributed by atoms with E-state index in [4.69, 9.17) is 9.47 Å². The van der Waals surface area contributed by atoms with Crippen LogP contribution in [-0.4, -0.2) is 18.9 Å². The van der Waals surface area contributed by atoms with Crippen LogP contribution in [0, 0.1) is 0 Å². The first-order chi connectivity index (χ1) is 14.0. The van der Waals surface area contributed by atoms with E-state index in [9.17, 15) is 9.59 Å². The van der Waals surface area contributed by atoms with Gasteiger partial charge < -0.3 is 9.47 Å². The summed E-state index contributed by atoms with van der Waals surface area (Å²) in [4.78, 5) is 25.8. The number of carbonyl (C=O) groups excluding carboxylic acids is 2. The molecule has 5 rings (SSSR count). The van der Waals surface area contributed by atoms with Crippen molar-refractivity contribution in [2.24, 2.45) is 0 Å². The highest BCUT2D eigenvalue weighted by Gasteiger charge is 2.57. The largest absolute Gasteiger partial charge is 0.497 e. The Hall–Kier alpha value is -3.40. The highest BCUT2D eigenvalue weighted by atomic mass is 16.5. The molecule has 0 saturated heterocycles. The number of methoxy groups -OCH3 is 1. The molecular weight excluding hydrogens is 364 g/mol. The van der Waals surface area contributed by atoms with Crippen LogP contribution in [0.2, 0.25) is 0 Å². The van der Waals surface area contributed by atoms with E-state index >= 15 is 0 Å². The number of hydrogen-bond acceptors (Lipinski definition) is 4. The molecule has 0 amide bonds. The van der Waals surface area contributed by atoms with E-state index in [0.717, 1.165) is 33.2 Å². The zero-order chi connectivity index (χ0) is 20.2. The molecule has 1 spiro atoms. The second-order valence-electron chi connectivity index (χ2n) is 7.72.